The molecule has 2 unspecified atom stereocenters. The molecule has 2 heterocycles. The standard InChI is InChI=1S/C18H22O3/c1-11-12(2)21-13(3)18(11)16(19)10-14-8-9-20-17-7-5-4-6-15(14)17/h4-7,14,16,19H,8-10H2,1-3H3. The molecular formula is C18H22O3. The maximum absolute atomic E-state index is 10.7. The Kier molecular flexibility index (Phi) is 3.77. The maximum Gasteiger partial charge on any atom is 0.122 e. The molecule has 0 aliphatic carbocycles. The van der Waals surface area contributed by atoms with Gasteiger partial charge in [0.05, 0.1) is 12.7 Å². The molecule has 1 N–H and O–H groups in total. The fourth-order valence-electron chi connectivity index (χ4n) is 3.35. The average molecular weight is 286 g/mol. The third-order valence-corrected chi connectivity index (χ3v) is 4.54. The van der Waals surface area contributed by atoms with Crippen LogP contribution in [0.25, 0.3) is 0 Å². The van der Waals surface area contributed by atoms with Gasteiger partial charge in [-0.1, -0.05) is 18.2 Å². The van der Waals surface area contributed by atoms with Crippen LogP contribution < -0.4 is 4.74 Å². The Labute approximate surface area is 125 Å². The highest BCUT2D eigenvalue weighted by atomic mass is 16.5. The van der Waals surface area contributed by atoms with E-state index in [0.717, 1.165) is 41.4 Å². The molecule has 0 spiro atoms. The predicted octanol–water partition coefficient (Wildman–Crippen LogP) is 4.19. The first-order chi connectivity index (χ1) is 10.1. The van der Waals surface area contributed by atoms with Gasteiger partial charge in [-0.3, -0.25) is 0 Å². The van der Waals surface area contributed by atoms with Gasteiger partial charge in [0, 0.05) is 5.56 Å². The Balaban J connectivity index is 1.84. The van der Waals surface area contributed by atoms with E-state index in [4.69, 9.17) is 9.15 Å². The van der Waals surface area contributed by atoms with Gasteiger partial charge in [-0.05, 0) is 56.7 Å². The Morgan fingerprint density at radius 3 is 2.67 bits per heavy atom. The molecule has 1 aromatic heterocycles. The fourth-order valence-corrected chi connectivity index (χ4v) is 3.35. The Hall–Kier alpha value is -1.74. The highest BCUT2D eigenvalue weighted by molar-refractivity contribution is 5.39. The lowest BCUT2D eigenvalue weighted by molar-refractivity contribution is 0.143. The van der Waals surface area contributed by atoms with E-state index >= 15 is 0 Å². The smallest absolute Gasteiger partial charge is 0.122 e. The third kappa shape index (κ3) is 2.58. The maximum atomic E-state index is 10.7. The molecule has 2 atom stereocenters. The second kappa shape index (κ2) is 5.57. The van der Waals surface area contributed by atoms with E-state index in [1.165, 1.54) is 5.56 Å². The van der Waals surface area contributed by atoms with E-state index in [1.54, 1.807) is 0 Å². The molecule has 0 amide bonds. The van der Waals surface area contributed by atoms with Crippen LogP contribution >= 0.6 is 0 Å². The number of furan rings is 1. The van der Waals surface area contributed by atoms with Crippen molar-refractivity contribution in [1.29, 1.82) is 0 Å². The quantitative estimate of drug-likeness (QED) is 0.919. The number of hydrogen-bond donors (Lipinski definition) is 1. The molecule has 0 bridgehead atoms. The van der Waals surface area contributed by atoms with Crippen LogP contribution in [0.4, 0.5) is 0 Å². The van der Waals surface area contributed by atoms with E-state index in [1.807, 2.05) is 39.0 Å². The van der Waals surface area contributed by atoms with Gasteiger partial charge in [0.25, 0.3) is 0 Å². The van der Waals surface area contributed by atoms with Crippen molar-refractivity contribution in [2.45, 2.75) is 45.6 Å². The van der Waals surface area contributed by atoms with Gasteiger partial charge in [0.1, 0.15) is 17.3 Å². The van der Waals surface area contributed by atoms with Gasteiger partial charge >= 0.3 is 0 Å². The van der Waals surface area contributed by atoms with Crippen molar-refractivity contribution in [2.75, 3.05) is 6.61 Å². The second-order valence-corrected chi connectivity index (χ2v) is 5.88. The number of aliphatic hydroxyl groups excluding tert-OH is 1. The highest BCUT2D eigenvalue weighted by Crippen LogP contribution is 2.40. The summed E-state index contributed by atoms with van der Waals surface area (Å²) in [5.74, 6) is 3.02. The van der Waals surface area contributed by atoms with Crippen molar-refractivity contribution >= 4 is 0 Å². The zero-order valence-electron chi connectivity index (χ0n) is 12.8. The second-order valence-electron chi connectivity index (χ2n) is 5.88. The Morgan fingerprint density at radius 2 is 1.95 bits per heavy atom. The molecule has 0 fully saturated rings. The van der Waals surface area contributed by atoms with E-state index < -0.39 is 6.10 Å². The van der Waals surface area contributed by atoms with Gasteiger partial charge in [-0.25, -0.2) is 0 Å². The molecule has 21 heavy (non-hydrogen) atoms. The van der Waals surface area contributed by atoms with Crippen molar-refractivity contribution < 1.29 is 14.3 Å². The molecule has 0 saturated heterocycles. The predicted molar refractivity (Wildman–Crippen MR) is 81.8 cm³/mol. The van der Waals surface area contributed by atoms with Crippen LogP contribution in [0, 0.1) is 20.8 Å². The fraction of sp³-hybridized carbons (Fsp3) is 0.444. The van der Waals surface area contributed by atoms with E-state index in [0.29, 0.717) is 12.3 Å². The minimum Gasteiger partial charge on any atom is -0.493 e. The number of hydrogen-bond acceptors (Lipinski definition) is 3. The lowest BCUT2D eigenvalue weighted by Crippen LogP contribution is -2.16. The summed E-state index contributed by atoms with van der Waals surface area (Å²) < 4.78 is 11.3. The van der Waals surface area contributed by atoms with Crippen molar-refractivity contribution in [1.82, 2.24) is 0 Å². The molecule has 112 valence electrons. The monoisotopic (exact) mass is 286 g/mol. The Bertz CT molecular complexity index is 642. The first kappa shape index (κ1) is 14.2. The average Bonchev–Trinajstić information content (AvgIpc) is 2.72. The summed E-state index contributed by atoms with van der Waals surface area (Å²) in [6.07, 6.45) is 1.17. The third-order valence-electron chi connectivity index (χ3n) is 4.54. The van der Waals surface area contributed by atoms with Crippen molar-refractivity contribution in [2.24, 2.45) is 0 Å². The molecular weight excluding hydrogens is 264 g/mol. The number of ether oxygens (including phenoxy) is 1. The minimum atomic E-state index is -0.487. The Morgan fingerprint density at radius 1 is 1.19 bits per heavy atom. The van der Waals surface area contributed by atoms with Gasteiger partial charge < -0.3 is 14.3 Å². The molecule has 0 radical (unpaired) electrons. The SMILES string of the molecule is Cc1oc(C)c(C(O)CC2CCOc3ccccc32)c1C. The number of aliphatic hydroxyl groups is 1. The summed E-state index contributed by atoms with van der Waals surface area (Å²) >= 11 is 0. The van der Waals surface area contributed by atoms with Crippen LogP contribution in [-0.2, 0) is 0 Å². The minimum absolute atomic E-state index is 0.332. The molecule has 0 saturated carbocycles. The van der Waals surface area contributed by atoms with Crippen LogP contribution in [0.2, 0.25) is 0 Å². The van der Waals surface area contributed by atoms with E-state index in [-0.39, 0.29) is 0 Å². The highest BCUT2D eigenvalue weighted by Gasteiger charge is 2.27. The summed E-state index contributed by atoms with van der Waals surface area (Å²) in [6, 6.07) is 8.13. The topological polar surface area (TPSA) is 42.6 Å². The number of rotatable bonds is 3. The van der Waals surface area contributed by atoms with Crippen LogP contribution in [0.3, 0.4) is 0 Å². The zero-order valence-corrected chi connectivity index (χ0v) is 12.8. The summed E-state index contributed by atoms with van der Waals surface area (Å²) in [5, 5.41) is 10.7. The number of aryl methyl sites for hydroxylation is 2. The summed E-state index contributed by atoms with van der Waals surface area (Å²) in [7, 11) is 0. The largest absolute Gasteiger partial charge is 0.493 e. The molecule has 1 aliphatic heterocycles. The van der Waals surface area contributed by atoms with Crippen LogP contribution in [0.5, 0.6) is 5.75 Å². The molecule has 2 aromatic rings. The molecule has 1 aliphatic rings. The van der Waals surface area contributed by atoms with Gasteiger partial charge in [-0.15, -0.1) is 0 Å². The molecule has 3 heteroatoms. The van der Waals surface area contributed by atoms with Gasteiger partial charge in [-0.2, -0.15) is 0 Å². The van der Waals surface area contributed by atoms with Gasteiger partial charge in [0.2, 0.25) is 0 Å². The van der Waals surface area contributed by atoms with Crippen LogP contribution in [0.1, 0.15) is 53.1 Å². The molecule has 3 rings (SSSR count). The summed E-state index contributed by atoms with van der Waals surface area (Å²) in [5.41, 5.74) is 3.23. The first-order valence-corrected chi connectivity index (χ1v) is 7.54. The molecule has 3 nitrogen and oxygen atoms in total. The van der Waals surface area contributed by atoms with E-state index in [2.05, 4.69) is 6.07 Å². The van der Waals surface area contributed by atoms with E-state index in [9.17, 15) is 5.11 Å². The van der Waals surface area contributed by atoms with Crippen molar-refractivity contribution in [3.8, 4) is 5.75 Å². The van der Waals surface area contributed by atoms with Gasteiger partial charge in [0.15, 0.2) is 0 Å². The summed E-state index contributed by atoms with van der Waals surface area (Å²) in [6.45, 7) is 6.61. The number of fused-ring (bicyclic) bond motifs is 1. The zero-order chi connectivity index (χ0) is 15.0. The first-order valence-electron chi connectivity index (χ1n) is 7.54. The van der Waals surface area contributed by atoms with Crippen molar-refractivity contribution in [3.63, 3.8) is 0 Å². The number of para-hydroxylation sites is 1. The normalized spacial score (nSPS) is 19.0. The lowest BCUT2D eigenvalue weighted by atomic mass is 9.86. The lowest BCUT2D eigenvalue weighted by Gasteiger charge is -2.27. The summed E-state index contributed by atoms with van der Waals surface area (Å²) in [4.78, 5) is 0. The molecule has 1 aromatic carbocycles. The number of benzene rings is 1. The van der Waals surface area contributed by atoms with Crippen molar-refractivity contribution in [3.05, 3.63) is 52.5 Å². The van der Waals surface area contributed by atoms with Crippen LogP contribution in [0.15, 0.2) is 28.7 Å². The van der Waals surface area contributed by atoms with Crippen LogP contribution in [-0.4, -0.2) is 11.7 Å².